The van der Waals surface area contributed by atoms with Crippen LogP contribution in [0.25, 0.3) is 0 Å². The third-order valence-corrected chi connectivity index (χ3v) is 4.90. The summed E-state index contributed by atoms with van der Waals surface area (Å²) in [6.07, 6.45) is 4.58. The van der Waals surface area contributed by atoms with E-state index in [1.54, 1.807) is 14.2 Å². The second kappa shape index (κ2) is 4.75. The van der Waals surface area contributed by atoms with E-state index in [1.807, 2.05) is 0 Å². The number of methoxy groups -OCH3 is 1. The summed E-state index contributed by atoms with van der Waals surface area (Å²) < 4.78 is 32.7. The maximum absolute atomic E-state index is 12.2. The van der Waals surface area contributed by atoms with Gasteiger partial charge in [0, 0.05) is 33.4 Å². The first-order valence-electron chi connectivity index (χ1n) is 5.55. The molecule has 0 amide bonds. The van der Waals surface area contributed by atoms with E-state index in [9.17, 15) is 8.42 Å². The zero-order valence-corrected chi connectivity index (χ0v) is 10.9. The Bertz CT molecular complexity index is 475. The molecule has 96 valence electrons. The predicted molar refractivity (Wildman–Crippen MR) is 62.0 cm³/mol. The topological polar surface area (TPSA) is 64.4 Å². The van der Waals surface area contributed by atoms with Gasteiger partial charge in [0.1, 0.15) is 4.90 Å². The fourth-order valence-corrected chi connectivity index (χ4v) is 3.45. The van der Waals surface area contributed by atoms with Crippen LogP contribution in [0.1, 0.15) is 12.8 Å². The minimum atomic E-state index is -3.38. The van der Waals surface area contributed by atoms with Crippen LogP contribution < -0.4 is 0 Å². The van der Waals surface area contributed by atoms with Gasteiger partial charge in [-0.05, 0) is 12.8 Å². The van der Waals surface area contributed by atoms with E-state index in [0.29, 0.717) is 13.1 Å². The van der Waals surface area contributed by atoms with Crippen molar-refractivity contribution in [1.82, 2.24) is 14.1 Å². The number of rotatable bonds is 3. The molecule has 0 N–H and O–H groups in total. The molecule has 0 aliphatic carbocycles. The van der Waals surface area contributed by atoms with Gasteiger partial charge in [-0.3, -0.25) is 4.68 Å². The van der Waals surface area contributed by atoms with Gasteiger partial charge in [0.25, 0.3) is 0 Å². The first kappa shape index (κ1) is 12.5. The smallest absolute Gasteiger partial charge is 0.246 e. The number of hydrogen-bond donors (Lipinski definition) is 0. The number of hydrogen-bond acceptors (Lipinski definition) is 4. The Hall–Kier alpha value is -0.920. The Morgan fingerprint density at radius 1 is 1.41 bits per heavy atom. The number of nitrogens with zero attached hydrogens (tertiary/aromatic N) is 3. The molecule has 7 heteroatoms. The molecule has 1 aliphatic heterocycles. The lowest BCUT2D eigenvalue weighted by atomic mass is 10.1. The fraction of sp³-hybridized carbons (Fsp3) is 0.700. The second-order valence-electron chi connectivity index (χ2n) is 4.19. The van der Waals surface area contributed by atoms with Crippen molar-refractivity contribution in [3.05, 3.63) is 12.4 Å². The van der Waals surface area contributed by atoms with Crippen LogP contribution in [-0.2, 0) is 21.8 Å². The lowest BCUT2D eigenvalue weighted by molar-refractivity contribution is 0.0604. The molecule has 0 bridgehead atoms. The summed E-state index contributed by atoms with van der Waals surface area (Å²) in [5.74, 6) is 0. The van der Waals surface area contributed by atoms with Crippen molar-refractivity contribution in [2.75, 3.05) is 20.2 Å². The Labute approximate surface area is 101 Å². The van der Waals surface area contributed by atoms with Gasteiger partial charge in [-0.1, -0.05) is 0 Å². The Morgan fingerprint density at radius 2 is 2.06 bits per heavy atom. The molecule has 1 fully saturated rings. The van der Waals surface area contributed by atoms with Crippen LogP contribution in [-0.4, -0.2) is 48.8 Å². The molecule has 1 aromatic heterocycles. The Morgan fingerprint density at radius 3 is 2.53 bits per heavy atom. The molecule has 2 heterocycles. The van der Waals surface area contributed by atoms with Crippen LogP contribution in [0.3, 0.4) is 0 Å². The van der Waals surface area contributed by atoms with E-state index in [2.05, 4.69) is 5.10 Å². The minimum Gasteiger partial charge on any atom is -0.381 e. The van der Waals surface area contributed by atoms with Crippen LogP contribution in [0.2, 0.25) is 0 Å². The zero-order chi connectivity index (χ0) is 12.5. The number of ether oxygens (including phenoxy) is 1. The van der Waals surface area contributed by atoms with E-state index < -0.39 is 10.0 Å². The highest BCUT2D eigenvalue weighted by molar-refractivity contribution is 7.89. The first-order chi connectivity index (χ1) is 8.04. The first-order valence-corrected chi connectivity index (χ1v) is 6.99. The van der Waals surface area contributed by atoms with Crippen molar-refractivity contribution in [3.63, 3.8) is 0 Å². The lowest BCUT2D eigenvalue weighted by Crippen LogP contribution is -2.40. The molecule has 17 heavy (non-hydrogen) atoms. The van der Waals surface area contributed by atoms with Crippen LogP contribution in [0, 0.1) is 0 Å². The Kier molecular flexibility index (Phi) is 3.50. The average Bonchev–Trinajstić information content (AvgIpc) is 2.77. The summed E-state index contributed by atoms with van der Waals surface area (Å²) in [5.41, 5.74) is 0. The molecule has 0 saturated carbocycles. The third kappa shape index (κ3) is 2.51. The van der Waals surface area contributed by atoms with Crippen LogP contribution in [0.5, 0.6) is 0 Å². The van der Waals surface area contributed by atoms with Gasteiger partial charge < -0.3 is 4.74 Å². The fourth-order valence-electron chi connectivity index (χ4n) is 1.99. The largest absolute Gasteiger partial charge is 0.381 e. The van der Waals surface area contributed by atoms with Crippen LogP contribution in [0.4, 0.5) is 0 Å². The summed E-state index contributed by atoms with van der Waals surface area (Å²) >= 11 is 0. The lowest BCUT2D eigenvalue weighted by Gasteiger charge is -2.29. The van der Waals surface area contributed by atoms with Crippen molar-refractivity contribution >= 4 is 10.0 Å². The highest BCUT2D eigenvalue weighted by Crippen LogP contribution is 2.21. The van der Waals surface area contributed by atoms with Crippen molar-refractivity contribution in [2.24, 2.45) is 7.05 Å². The van der Waals surface area contributed by atoms with Gasteiger partial charge in [-0.2, -0.15) is 9.40 Å². The molecule has 0 spiro atoms. The van der Waals surface area contributed by atoms with Crippen molar-refractivity contribution in [3.8, 4) is 0 Å². The maximum atomic E-state index is 12.2. The molecular formula is C10H17N3O3S. The van der Waals surface area contributed by atoms with Crippen molar-refractivity contribution < 1.29 is 13.2 Å². The zero-order valence-electron chi connectivity index (χ0n) is 10.0. The average molecular weight is 259 g/mol. The molecule has 1 saturated heterocycles. The quantitative estimate of drug-likeness (QED) is 0.779. The summed E-state index contributed by atoms with van der Waals surface area (Å²) in [6, 6.07) is 0. The predicted octanol–water partition coefficient (Wildman–Crippen LogP) is 0.220. The minimum absolute atomic E-state index is 0.176. The SMILES string of the molecule is COC1CCN(S(=O)(=O)c2cnn(C)c2)CC1. The van der Waals surface area contributed by atoms with Gasteiger partial charge >= 0.3 is 0 Å². The molecule has 6 nitrogen and oxygen atoms in total. The maximum Gasteiger partial charge on any atom is 0.246 e. The molecule has 0 aromatic carbocycles. The molecule has 1 aliphatic rings. The van der Waals surface area contributed by atoms with Gasteiger partial charge in [-0.15, -0.1) is 0 Å². The standard InChI is InChI=1S/C10H17N3O3S/c1-12-8-10(7-11-12)17(14,15)13-5-3-9(16-2)4-6-13/h7-9H,3-6H2,1-2H3. The number of aryl methyl sites for hydroxylation is 1. The molecular weight excluding hydrogens is 242 g/mol. The van der Waals surface area contributed by atoms with Gasteiger partial charge in [0.2, 0.25) is 10.0 Å². The van der Waals surface area contributed by atoms with E-state index in [1.165, 1.54) is 21.4 Å². The van der Waals surface area contributed by atoms with Gasteiger partial charge in [-0.25, -0.2) is 8.42 Å². The molecule has 0 unspecified atom stereocenters. The Balaban J connectivity index is 2.12. The van der Waals surface area contributed by atoms with E-state index in [4.69, 9.17) is 4.74 Å². The number of sulfonamides is 1. The molecule has 0 atom stereocenters. The monoisotopic (exact) mass is 259 g/mol. The number of aromatic nitrogens is 2. The third-order valence-electron chi connectivity index (χ3n) is 3.05. The van der Waals surface area contributed by atoms with E-state index in [0.717, 1.165) is 12.8 Å². The molecule has 1 aromatic rings. The van der Waals surface area contributed by atoms with Crippen molar-refractivity contribution in [1.29, 1.82) is 0 Å². The molecule has 0 radical (unpaired) electrons. The van der Waals surface area contributed by atoms with E-state index in [-0.39, 0.29) is 11.0 Å². The summed E-state index contributed by atoms with van der Waals surface area (Å²) in [4.78, 5) is 0.260. The van der Waals surface area contributed by atoms with Gasteiger partial charge in [0.15, 0.2) is 0 Å². The summed E-state index contributed by atoms with van der Waals surface area (Å²) in [5, 5.41) is 3.90. The van der Waals surface area contributed by atoms with Gasteiger partial charge in [0.05, 0.1) is 12.3 Å². The molecule has 2 rings (SSSR count). The summed E-state index contributed by atoms with van der Waals surface area (Å²) in [7, 11) is -0.0112. The highest BCUT2D eigenvalue weighted by Gasteiger charge is 2.30. The van der Waals surface area contributed by atoms with Crippen LogP contribution >= 0.6 is 0 Å². The van der Waals surface area contributed by atoms with Crippen molar-refractivity contribution in [2.45, 2.75) is 23.8 Å². The summed E-state index contributed by atoms with van der Waals surface area (Å²) in [6.45, 7) is 1.02. The highest BCUT2D eigenvalue weighted by atomic mass is 32.2. The van der Waals surface area contributed by atoms with Crippen LogP contribution in [0.15, 0.2) is 17.3 Å². The normalized spacial score (nSPS) is 19.6. The number of piperidine rings is 1. The second-order valence-corrected chi connectivity index (χ2v) is 6.13. The van der Waals surface area contributed by atoms with E-state index >= 15 is 0 Å².